The third-order valence-electron chi connectivity index (χ3n) is 10.7. The first-order valence-corrected chi connectivity index (χ1v) is 16.4. The summed E-state index contributed by atoms with van der Waals surface area (Å²) in [5.74, 6) is -2.37. The van der Waals surface area contributed by atoms with Gasteiger partial charge in [-0.25, -0.2) is 9.79 Å². The molecule has 0 spiro atoms. The molecule has 8 bridgehead atoms. The van der Waals surface area contributed by atoms with Crippen LogP contribution < -0.4 is 16.0 Å². The topological polar surface area (TPSA) is 131 Å². The number of hydrogen-bond donors (Lipinski definition) is 2. The van der Waals surface area contributed by atoms with Gasteiger partial charge in [0, 0.05) is 34.3 Å². The van der Waals surface area contributed by atoms with E-state index in [0.717, 1.165) is 61.2 Å². The maximum atomic E-state index is 13.6. The molecule has 4 aliphatic heterocycles. The minimum atomic E-state index is -1.07. The number of fused-ring (bicyclic) bond motifs is 9. The van der Waals surface area contributed by atoms with Gasteiger partial charge < -0.3 is 24.5 Å². The lowest BCUT2D eigenvalue weighted by atomic mass is 9.63. The zero-order valence-corrected chi connectivity index (χ0v) is 29.2. The van der Waals surface area contributed by atoms with Crippen molar-refractivity contribution in [2.45, 2.75) is 53.5 Å². The molecular formula is C39H42N4O6. The number of aromatic amines is 1. The van der Waals surface area contributed by atoms with Crippen molar-refractivity contribution in [1.29, 1.82) is 0 Å². The Morgan fingerprint density at radius 3 is 2.33 bits per heavy atom. The zero-order valence-electron chi connectivity index (χ0n) is 29.2. The minimum absolute atomic E-state index is 0.0752. The summed E-state index contributed by atoms with van der Waals surface area (Å²) in [6.45, 7) is 14.3. The maximum Gasteiger partial charge on any atom is 0.334 e. The highest BCUT2D eigenvalue weighted by Gasteiger charge is 2.55. The highest BCUT2D eigenvalue weighted by Crippen LogP contribution is 2.52. The molecule has 5 aliphatic rings. The summed E-state index contributed by atoms with van der Waals surface area (Å²) in [6.07, 6.45) is 14.2. The highest BCUT2D eigenvalue weighted by molar-refractivity contribution is 6.22. The van der Waals surface area contributed by atoms with Crippen LogP contribution in [0.3, 0.4) is 0 Å². The summed E-state index contributed by atoms with van der Waals surface area (Å²) in [6, 6.07) is -0.0918. The van der Waals surface area contributed by atoms with Crippen LogP contribution >= 0.6 is 0 Å². The standard InChI is InChI=1S/C39H42N4O6/c1-10-23-21(4)29-17-33-26-13-11-25(37(45)48-8)36(38(46)49-9)39(26,6)34(43-33)18-30-20(3)19(2)27(40-30)15-32-24(12-14-35(44)47-7)22(5)28(42-32)16-31(23)41-29/h10-11,13,15-18,22,28,36,40,42H,1,12,14H2,2-9H3/b27-15?,30-18?,31-16-,33-17?/t22?,28?,36-,39+/m0/s1. The van der Waals surface area contributed by atoms with Gasteiger partial charge in [0.15, 0.2) is 0 Å². The van der Waals surface area contributed by atoms with E-state index >= 15 is 0 Å². The minimum Gasteiger partial charge on any atom is -0.469 e. The molecule has 6 rings (SSSR count). The Kier molecular flexibility index (Phi) is 8.69. The number of aliphatic imine (C=N–C) groups is 2. The molecule has 10 heteroatoms. The second-order valence-corrected chi connectivity index (χ2v) is 13.1. The SMILES string of the molecule is C=CC1=C(C)C2=N/C1=C\C1NC(=C(CCC(=O)OC)C1C)C=c1[nH]c(c(C)c1C)=CC1=NC(=C2)C2=CC=C(C(=O)OC)[C@@H](C(=O)OC)[C@]21C. The third-order valence-corrected chi connectivity index (χ3v) is 10.7. The molecule has 1 aromatic rings. The normalized spacial score (nSPS) is 26.4. The number of allylic oxidation sites excluding steroid dienone is 7. The van der Waals surface area contributed by atoms with Crippen molar-refractivity contribution >= 4 is 41.5 Å². The van der Waals surface area contributed by atoms with Crippen LogP contribution in [-0.4, -0.2) is 61.7 Å². The number of hydrogen-bond acceptors (Lipinski definition) is 9. The van der Waals surface area contributed by atoms with Crippen LogP contribution in [0.5, 0.6) is 0 Å². The molecule has 0 fully saturated rings. The molecule has 2 N–H and O–H groups in total. The summed E-state index contributed by atoms with van der Waals surface area (Å²) in [5.41, 5.74) is 8.58. The lowest BCUT2D eigenvalue weighted by Gasteiger charge is -2.37. The smallest absolute Gasteiger partial charge is 0.334 e. The van der Waals surface area contributed by atoms with Gasteiger partial charge >= 0.3 is 17.9 Å². The van der Waals surface area contributed by atoms with E-state index in [1.54, 1.807) is 6.08 Å². The number of rotatable bonds is 6. The summed E-state index contributed by atoms with van der Waals surface area (Å²) < 4.78 is 15.4. The zero-order chi connectivity index (χ0) is 35.4. The van der Waals surface area contributed by atoms with Crippen LogP contribution in [0.15, 0.2) is 91.9 Å². The van der Waals surface area contributed by atoms with Crippen molar-refractivity contribution in [2.24, 2.45) is 27.2 Å². The Morgan fingerprint density at radius 2 is 1.67 bits per heavy atom. The first-order chi connectivity index (χ1) is 23.4. The quantitative estimate of drug-likeness (QED) is 0.347. The van der Waals surface area contributed by atoms with Crippen molar-refractivity contribution < 1.29 is 28.6 Å². The average Bonchev–Trinajstić information content (AvgIpc) is 3.74. The molecule has 5 heterocycles. The number of aromatic nitrogens is 1. The van der Waals surface area contributed by atoms with Gasteiger partial charge in [0.05, 0.1) is 61.2 Å². The van der Waals surface area contributed by atoms with E-state index < -0.39 is 23.3 Å². The van der Waals surface area contributed by atoms with E-state index in [-0.39, 0.29) is 29.9 Å². The van der Waals surface area contributed by atoms with Crippen LogP contribution in [0, 0.1) is 31.1 Å². The number of nitrogens with one attached hydrogen (secondary N) is 2. The second-order valence-electron chi connectivity index (χ2n) is 13.1. The van der Waals surface area contributed by atoms with Crippen molar-refractivity contribution in [3.8, 4) is 0 Å². The molecule has 10 nitrogen and oxygen atoms in total. The summed E-state index contributed by atoms with van der Waals surface area (Å²) in [5, 5.41) is 5.43. The van der Waals surface area contributed by atoms with Gasteiger partial charge in [-0.05, 0) is 86.3 Å². The van der Waals surface area contributed by atoms with E-state index in [2.05, 4.69) is 42.9 Å². The van der Waals surface area contributed by atoms with Gasteiger partial charge in [-0.3, -0.25) is 14.6 Å². The first-order valence-electron chi connectivity index (χ1n) is 16.4. The van der Waals surface area contributed by atoms with Gasteiger partial charge in [-0.2, -0.15) is 0 Å². The Balaban J connectivity index is 1.65. The number of ether oxygens (including phenoxy) is 3. The third kappa shape index (κ3) is 5.39. The fourth-order valence-electron chi connectivity index (χ4n) is 7.54. The predicted molar refractivity (Wildman–Crippen MR) is 189 cm³/mol. The molecule has 0 amide bonds. The molecule has 2 unspecified atom stereocenters. The van der Waals surface area contributed by atoms with E-state index in [0.29, 0.717) is 17.8 Å². The lowest BCUT2D eigenvalue weighted by Crippen LogP contribution is -2.44. The molecule has 0 radical (unpaired) electrons. The van der Waals surface area contributed by atoms with Crippen molar-refractivity contribution in [2.75, 3.05) is 21.3 Å². The van der Waals surface area contributed by atoms with Crippen molar-refractivity contribution in [3.63, 3.8) is 0 Å². The number of H-pyrrole nitrogens is 1. The molecule has 0 saturated carbocycles. The molecular weight excluding hydrogens is 620 g/mol. The number of carbonyl (C=O) groups excluding carboxylic acids is 3. The van der Waals surface area contributed by atoms with E-state index in [1.807, 2.05) is 45.1 Å². The van der Waals surface area contributed by atoms with E-state index in [9.17, 15) is 14.4 Å². The highest BCUT2D eigenvalue weighted by atomic mass is 16.5. The molecule has 1 aromatic heterocycles. The Labute approximate surface area is 285 Å². The van der Waals surface area contributed by atoms with Crippen molar-refractivity contribution in [3.05, 3.63) is 104 Å². The Morgan fingerprint density at radius 1 is 0.959 bits per heavy atom. The number of methoxy groups -OCH3 is 3. The Hall–Kier alpha value is -5.25. The largest absolute Gasteiger partial charge is 0.469 e. The molecule has 4 atom stereocenters. The lowest BCUT2D eigenvalue weighted by molar-refractivity contribution is -0.149. The number of carbonyl (C=O) groups is 3. The van der Waals surface area contributed by atoms with Gasteiger partial charge in [-0.15, -0.1) is 0 Å². The van der Waals surface area contributed by atoms with Crippen molar-refractivity contribution in [1.82, 2.24) is 10.3 Å². The molecule has 49 heavy (non-hydrogen) atoms. The second kappa shape index (κ2) is 12.7. The fourth-order valence-corrected chi connectivity index (χ4v) is 7.54. The Bertz CT molecular complexity index is 2100. The molecule has 0 saturated heterocycles. The van der Waals surface area contributed by atoms with Crippen LogP contribution in [0.2, 0.25) is 0 Å². The fraction of sp³-hybridized carbons (Fsp3) is 0.359. The summed E-state index contributed by atoms with van der Waals surface area (Å²) >= 11 is 0. The average molecular weight is 663 g/mol. The van der Waals surface area contributed by atoms with Crippen LogP contribution in [-0.2, 0) is 28.6 Å². The van der Waals surface area contributed by atoms with Crippen LogP contribution in [0.4, 0.5) is 0 Å². The maximum absolute atomic E-state index is 13.6. The van der Waals surface area contributed by atoms with E-state index in [1.165, 1.54) is 21.3 Å². The number of esters is 3. The molecule has 0 aromatic carbocycles. The molecule has 254 valence electrons. The van der Waals surface area contributed by atoms with Gasteiger partial charge in [0.25, 0.3) is 0 Å². The van der Waals surface area contributed by atoms with E-state index in [4.69, 9.17) is 24.2 Å². The van der Waals surface area contributed by atoms with Gasteiger partial charge in [0.2, 0.25) is 0 Å². The van der Waals surface area contributed by atoms with Gasteiger partial charge in [0.1, 0.15) is 5.92 Å². The number of nitrogens with zero attached hydrogens (tertiary/aromatic N) is 2. The predicted octanol–water partition coefficient (Wildman–Crippen LogP) is 4.04. The van der Waals surface area contributed by atoms with Gasteiger partial charge in [-0.1, -0.05) is 31.7 Å². The summed E-state index contributed by atoms with van der Waals surface area (Å²) in [7, 11) is 4.02. The molecule has 1 aliphatic carbocycles. The van der Waals surface area contributed by atoms with Crippen LogP contribution in [0.25, 0.3) is 12.2 Å². The monoisotopic (exact) mass is 662 g/mol. The van der Waals surface area contributed by atoms with Crippen LogP contribution in [0.1, 0.15) is 44.7 Å². The summed E-state index contributed by atoms with van der Waals surface area (Å²) in [4.78, 5) is 52.7. The first kappa shape index (κ1) is 33.6.